The average Bonchev–Trinajstić information content (AvgIpc) is 3.27. The first kappa shape index (κ1) is 17.2. The Labute approximate surface area is 149 Å². The topological polar surface area (TPSA) is 71.1 Å². The first-order valence-corrected chi connectivity index (χ1v) is 8.81. The molecule has 2 aromatic heterocycles. The maximum absolute atomic E-state index is 13.3. The number of anilines is 1. The van der Waals surface area contributed by atoms with Gasteiger partial charge in [0.05, 0.1) is 17.1 Å². The van der Waals surface area contributed by atoms with Crippen LogP contribution in [-0.2, 0) is 4.79 Å². The van der Waals surface area contributed by atoms with Gasteiger partial charge in [-0.25, -0.2) is 13.8 Å². The molecule has 0 aliphatic heterocycles. The van der Waals surface area contributed by atoms with Crippen LogP contribution in [0.5, 0.6) is 0 Å². The molecule has 0 aliphatic rings. The Morgan fingerprint density at radius 3 is 2.68 bits per heavy atom. The van der Waals surface area contributed by atoms with E-state index >= 15 is 0 Å². The van der Waals surface area contributed by atoms with Crippen LogP contribution in [0.3, 0.4) is 0 Å². The zero-order valence-corrected chi connectivity index (χ0v) is 14.2. The number of rotatable bonds is 5. The second-order valence-electron chi connectivity index (χ2n) is 4.87. The Balaban J connectivity index is 1.58. The molecular weight excluding hydrogens is 368 g/mol. The molecule has 128 valence electrons. The number of thiazole rings is 1. The van der Waals surface area contributed by atoms with Gasteiger partial charge in [0.15, 0.2) is 16.8 Å². The van der Waals surface area contributed by atoms with Crippen LogP contribution >= 0.6 is 22.7 Å². The Morgan fingerprint density at radius 2 is 1.96 bits per heavy atom. The molecule has 0 unspecified atom stereocenters. The number of aromatic nitrogens is 1. The van der Waals surface area contributed by atoms with Crippen molar-refractivity contribution in [1.29, 1.82) is 0 Å². The summed E-state index contributed by atoms with van der Waals surface area (Å²) in [5.41, 5.74) is 0.823. The largest absolute Gasteiger partial charge is 0.342 e. The van der Waals surface area contributed by atoms with E-state index in [9.17, 15) is 18.4 Å². The Hall–Kier alpha value is -2.65. The van der Waals surface area contributed by atoms with Crippen molar-refractivity contribution < 1.29 is 18.4 Å². The molecule has 0 atom stereocenters. The second-order valence-corrected chi connectivity index (χ2v) is 6.68. The van der Waals surface area contributed by atoms with E-state index in [4.69, 9.17) is 0 Å². The number of nitrogens with one attached hydrogen (secondary N) is 2. The first-order valence-electron chi connectivity index (χ1n) is 7.05. The molecule has 3 rings (SSSR count). The van der Waals surface area contributed by atoms with Gasteiger partial charge in [0.2, 0.25) is 5.91 Å². The number of carbonyl (C=O) groups excluding carboxylic acids is 2. The van der Waals surface area contributed by atoms with Crippen LogP contribution in [0.2, 0.25) is 0 Å². The standard InChI is InChI=1S/C16H11F2N3O2S2/c17-10-4-3-9(6-11(10)18)12-8-25-16(20-12)21-14(22)7-19-15(23)13-2-1-5-24-13/h1-6,8H,7H2,(H,19,23)(H,20,21,22). The van der Waals surface area contributed by atoms with Crippen molar-refractivity contribution >= 4 is 39.6 Å². The number of benzene rings is 1. The quantitative estimate of drug-likeness (QED) is 0.713. The van der Waals surface area contributed by atoms with Gasteiger partial charge in [-0.2, -0.15) is 0 Å². The summed E-state index contributed by atoms with van der Waals surface area (Å²) in [6.07, 6.45) is 0. The zero-order valence-electron chi connectivity index (χ0n) is 12.6. The molecule has 2 heterocycles. The SMILES string of the molecule is O=C(CNC(=O)c1cccs1)Nc1nc(-c2ccc(F)c(F)c2)cs1. The van der Waals surface area contributed by atoms with E-state index in [1.54, 1.807) is 22.9 Å². The van der Waals surface area contributed by atoms with E-state index in [0.717, 1.165) is 23.5 Å². The lowest BCUT2D eigenvalue weighted by Gasteiger charge is -2.03. The third-order valence-electron chi connectivity index (χ3n) is 3.12. The number of nitrogens with zero attached hydrogens (tertiary/aromatic N) is 1. The summed E-state index contributed by atoms with van der Waals surface area (Å²) in [7, 11) is 0. The highest BCUT2D eigenvalue weighted by atomic mass is 32.1. The van der Waals surface area contributed by atoms with Gasteiger partial charge in [0.1, 0.15) is 0 Å². The molecular formula is C16H11F2N3O2S2. The second kappa shape index (κ2) is 7.49. The first-order chi connectivity index (χ1) is 12.0. The van der Waals surface area contributed by atoms with Crippen molar-refractivity contribution in [3.63, 3.8) is 0 Å². The van der Waals surface area contributed by atoms with Crippen molar-refractivity contribution in [3.8, 4) is 11.3 Å². The summed E-state index contributed by atoms with van der Waals surface area (Å²) in [4.78, 5) is 28.3. The fourth-order valence-electron chi connectivity index (χ4n) is 1.94. The Bertz CT molecular complexity index is 910. The molecule has 0 bridgehead atoms. The van der Waals surface area contributed by atoms with E-state index in [1.807, 2.05) is 0 Å². The van der Waals surface area contributed by atoms with Crippen molar-refractivity contribution in [1.82, 2.24) is 10.3 Å². The lowest BCUT2D eigenvalue weighted by molar-refractivity contribution is -0.115. The van der Waals surface area contributed by atoms with Gasteiger partial charge in [-0.05, 0) is 29.6 Å². The van der Waals surface area contributed by atoms with Crippen LogP contribution in [0.4, 0.5) is 13.9 Å². The molecule has 0 saturated heterocycles. The van der Waals surface area contributed by atoms with E-state index in [0.29, 0.717) is 21.3 Å². The van der Waals surface area contributed by atoms with Crippen LogP contribution in [0.1, 0.15) is 9.67 Å². The molecule has 2 amide bonds. The van der Waals surface area contributed by atoms with Crippen LogP contribution < -0.4 is 10.6 Å². The lowest BCUT2D eigenvalue weighted by Crippen LogP contribution is -2.32. The van der Waals surface area contributed by atoms with Gasteiger partial charge in [-0.1, -0.05) is 6.07 Å². The summed E-state index contributed by atoms with van der Waals surface area (Å²) in [5, 5.41) is 8.74. The molecule has 2 N–H and O–H groups in total. The van der Waals surface area contributed by atoms with Crippen molar-refractivity contribution in [2.24, 2.45) is 0 Å². The normalized spacial score (nSPS) is 10.5. The minimum Gasteiger partial charge on any atom is -0.342 e. The van der Waals surface area contributed by atoms with E-state index in [2.05, 4.69) is 15.6 Å². The number of thiophene rings is 1. The Morgan fingerprint density at radius 1 is 1.12 bits per heavy atom. The predicted octanol–water partition coefficient (Wildman–Crippen LogP) is 3.52. The number of amides is 2. The van der Waals surface area contributed by atoms with Gasteiger partial charge >= 0.3 is 0 Å². The maximum Gasteiger partial charge on any atom is 0.261 e. The highest BCUT2D eigenvalue weighted by Crippen LogP contribution is 2.26. The molecule has 3 aromatic rings. The third kappa shape index (κ3) is 4.25. The highest BCUT2D eigenvalue weighted by molar-refractivity contribution is 7.14. The highest BCUT2D eigenvalue weighted by Gasteiger charge is 2.12. The average molecular weight is 379 g/mol. The molecule has 5 nitrogen and oxygen atoms in total. The van der Waals surface area contributed by atoms with Gasteiger partial charge in [0, 0.05) is 10.9 Å². The number of halogens is 2. The van der Waals surface area contributed by atoms with Gasteiger partial charge in [-0.15, -0.1) is 22.7 Å². The molecule has 0 fully saturated rings. The molecule has 0 radical (unpaired) electrons. The van der Waals surface area contributed by atoms with Crippen molar-refractivity contribution in [3.05, 3.63) is 57.6 Å². The number of hydrogen-bond donors (Lipinski definition) is 2. The number of hydrogen-bond acceptors (Lipinski definition) is 5. The third-order valence-corrected chi connectivity index (χ3v) is 4.75. The summed E-state index contributed by atoms with van der Waals surface area (Å²) in [6, 6.07) is 6.86. The summed E-state index contributed by atoms with van der Waals surface area (Å²) < 4.78 is 26.2. The molecule has 9 heteroatoms. The van der Waals surface area contributed by atoms with Gasteiger partial charge in [-0.3, -0.25) is 9.59 Å². The summed E-state index contributed by atoms with van der Waals surface area (Å²) in [6.45, 7) is -0.198. The van der Waals surface area contributed by atoms with E-state index in [1.165, 1.54) is 17.4 Å². The molecule has 0 spiro atoms. The molecule has 0 aliphatic carbocycles. The van der Waals surface area contributed by atoms with Gasteiger partial charge in [0.25, 0.3) is 5.91 Å². The molecule has 1 aromatic carbocycles. The number of carbonyl (C=O) groups is 2. The lowest BCUT2D eigenvalue weighted by atomic mass is 10.2. The minimum atomic E-state index is -0.965. The van der Waals surface area contributed by atoms with Gasteiger partial charge < -0.3 is 10.6 Å². The Kier molecular flexibility index (Phi) is 5.15. The van der Waals surface area contributed by atoms with Crippen LogP contribution in [0.15, 0.2) is 41.1 Å². The summed E-state index contributed by atoms with van der Waals surface area (Å²) >= 11 is 2.42. The fraction of sp³-hybridized carbons (Fsp3) is 0.0625. The van der Waals surface area contributed by atoms with Crippen LogP contribution in [-0.4, -0.2) is 23.3 Å². The minimum absolute atomic E-state index is 0.198. The predicted molar refractivity (Wildman–Crippen MR) is 92.7 cm³/mol. The zero-order chi connectivity index (χ0) is 17.8. The molecule has 0 saturated carbocycles. The summed E-state index contributed by atoms with van der Waals surface area (Å²) in [5.74, 6) is -2.66. The molecule has 25 heavy (non-hydrogen) atoms. The van der Waals surface area contributed by atoms with Crippen molar-refractivity contribution in [2.45, 2.75) is 0 Å². The van der Waals surface area contributed by atoms with Crippen LogP contribution in [0, 0.1) is 11.6 Å². The van der Waals surface area contributed by atoms with E-state index < -0.39 is 17.5 Å². The van der Waals surface area contributed by atoms with E-state index in [-0.39, 0.29) is 12.5 Å². The smallest absolute Gasteiger partial charge is 0.261 e. The van der Waals surface area contributed by atoms with Crippen LogP contribution in [0.25, 0.3) is 11.3 Å². The van der Waals surface area contributed by atoms with Crippen molar-refractivity contribution in [2.75, 3.05) is 11.9 Å². The monoisotopic (exact) mass is 379 g/mol. The maximum atomic E-state index is 13.3. The fourth-order valence-corrected chi connectivity index (χ4v) is 3.31.